The van der Waals surface area contributed by atoms with Crippen LogP contribution in [-0.4, -0.2) is 26.3 Å². The fraction of sp³-hybridized carbons (Fsp3) is 0.312. The number of aromatic nitrogens is 1. The highest BCUT2D eigenvalue weighted by atomic mass is 16.5. The third-order valence-electron chi connectivity index (χ3n) is 2.97. The van der Waals surface area contributed by atoms with E-state index < -0.39 is 0 Å². The van der Waals surface area contributed by atoms with Crippen molar-refractivity contribution >= 4 is 0 Å². The van der Waals surface area contributed by atoms with E-state index in [0.717, 1.165) is 17.8 Å². The molecule has 1 aromatic carbocycles. The second-order valence-electron chi connectivity index (χ2n) is 4.48. The van der Waals surface area contributed by atoms with Crippen LogP contribution < -0.4 is 19.5 Å². The van der Waals surface area contributed by atoms with Gasteiger partial charge in [-0.1, -0.05) is 12.1 Å². The molecular formula is C16H20N2O3. The Hall–Kier alpha value is -2.27. The average molecular weight is 288 g/mol. The first-order valence-electron chi connectivity index (χ1n) is 6.71. The van der Waals surface area contributed by atoms with E-state index in [0.29, 0.717) is 24.0 Å². The number of hydrogen-bond donors (Lipinski definition) is 1. The number of methoxy groups -OCH3 is 2. The van der Waals surface area contributed by atoms with E-state index in [1.807, 2.05) is 37.4 Å². The maximum atomic E-state index is 5.83. The van der Waals surface area contributed by atoms with Crippen LogP contribution in [0.1, 0.15) is 11.3 Å². The quantitative estimate of drug-likeness (QED) is 0.848. The molecule has 0 radical (unpaired) electrons. The molecule has 5 heteroatoms. The monoisotopic (exact) mass is 288 g/mol. The normalized spacial score (nSPS) is 10.2. The summed E-state index contributed by atoms with van der Waals surface area (Å²) < 4.78 is 16.3. The van der Waals surface area contributed by atoms with Gasteiger partial charge in [0.1, 0.15) is 6.61 Å². The lowest BCUT2D eigenvalue weighted by molar-refractivity contribution is 0.278. The van der Waals surface area contributed by atoms with Crippen molar-refractivity contribution in [2.24, 2.45) is 0 Å². The van der Waals surface area contributed by atoms with Gasteiger partial charge in [0.25, 0.3) is 0 Å². The van der Waals surface area contributed by atoms with Gasteiger partial charge in [0.2, 0.25) is 5.88 Å². The Balaban J connectivity index is 2.12. The zero-order chi connectivity index (χ0) is 15.1. The van der Waals surface area contributed by atoms with Crippen LogP contribution in [0.15, 0.2) is 36.4 Å². The number of rotatable bonds is 7. The van der Waals surface area contributed by atoms with Gasteiger partial charge >= 0.3 is 0 Å². The molecule has 5 nitrogen and oxygen atoms in total. The number of nitrogens with one attached hydrogen (secondary N) is 1. The lowest BCUT2D eigenvalue weighted by atomic mass is 10.2. The summed E-state index contributed by atoms with van der Waals surface area (Å²) in [5.74, 6) is 1.99. The van der Waals surface area contributed by atoms with E-state index in [-0.39, 0.29) is 0 Å². The van der Waals surface area contributed by atoms with Gasteiger partial charge < -0.3 is 19.5 Å². The Bertz CT molecular complexity index is 587. The maximum absolute atomic E-state index is 5.83. The van der Waals surface area contributed by atoms with Crippen molar-refractivity contribution in [1.29, 1.82) is 0 Å². The van der Waals surface area contributed by atoms with E-state index in [4.69, 9.17) is 14.2 Å². The van der Waals surface area contributed by atoms with Crippen molar-refractivity contribution < 1.29 is 14.2 Å². The molecule has 0 bridgehead atoms. The Morgan fingerprint density at radius 3 is 2.62 bits per heavy atom. The Morgan fingerprint density at radius 1 is 1.05 bits per heavy atom. The summed E-state index contributed by atoms with van der Waals surface area (Å²) in [4.78, 5) is 4.32. The van der Waals surface area contributed by atoms with Crippen LogP contribution in [0.5, 0.6) is 17.4 Å². The molecule has 0 aliphatic heterocycles. The highest BCUT2D eigenvalue weighted by Crippen LogP contribution is 2.28. The van der Waals surface area contributed by atoms with Gasteiger partial charge in [0.05, 0.1) is 19.9 Å². The minimum absolute atomic E-state index is 0.358. The molecule has 0 fully saturated rings. The number of ether oxygens (including phenoxy) is 3. The number of benzene rings is 1. The molecule has 1 heterocycles. The number of pyridine rings is 1. The zero-order valence-corrected chi connectivity index (χ0v) is 12.6. The molecule has 112 valence electrons. The Morgan fingerprint density at radius 2 is 1.90 bits per heavy atom. The summed E-state index contributed by atoms with van der Waals surface area (Å²) in [5, 5.41) is 3.11. The molecule has 0 saturated heterocycles. The van der Waals surface area contributed by atoms with Gasteiger partial charge in [-0.25, -0.2) is 4.98 Å². The summed E-state index contributed by atoms with van der Waals surface area (Å²) >= 11 is 0. The van der Waals surface area contributed by atoms with Crippen molar-refractivity contribution in [2.75, 3.05) is 21.3 Å². The molecule has 0 spiro atoms. The minimum Gasteiger partial charge on any atom is -0.493 e. The van der Waals surface area contributed by atoms with Crippen LogP contribution in [0.2, 0.25) is 0 Å². The molecule has 0 atom stereocenters. The molecule has 0 saturated carbocycles. The number of nitrogens with zero attached hydrogens (tertiary/aromatic N) is 1. The van der Waals surface area contributed by atoms with E-state index in [1.54, 1.807) is 20.3 Å². The third kappa shape index (κ3) is 4.10. The van der Waals surface area contributed by atoms with E-state index in [1.165, 1.54) is 0 Å². The number of hydrogen-bond acceptors (Lipinski definition) is 5. The molecule has 1 N–H and O–H groups in total. The highest BCUT2D eigenvalue weighted by Gasteiger charge is 2.07. The van der Waals surface area contributed by atoms with Crippen LogP contribution in [0, 0.1) is 0 Å². The fourth-order valence-corrected chi connectivity index (χ4v) is 1.95. The Labute approximate surface area is 124 Å². The fourth-order valence-electron chi connectivity index (χ4n) is 1.95. The molecule has 0 aliphatic rings. The smallest absolute Gasteiger partial charge is 0.213 e. The second kappa shape index (κ2) is 7.50. The van der Waals surface area contributed by atoms with Crippen LogP contribution >= 0.6 is 0 Å². The van der Waals surface area contributed by atoms with Crippen LogP contribution in [0.25, 0.3) is 0 Å². The van der Waals surface area contributed by atoms with Crippen molar-refractivity contribution in [2.45, 2.75) is 13.2 Å². The Kier molecular flexibility index (Phi) is 5.40. The van der Waals surface area contributed by atoms with Crippen LogP contribution in [-0.2, 0) is 13.2 Å². The standard InChI is InChI=1S/C16H20N2O3/c1-17-10-12-7-8-14(19-2)15(9-12)21-11-13-5-4-6-16(18-13)20-3/h4-9,17H,10-11H2,1-3H3. The molecule has 2 rings (SSSR count). The van der Waals surface area contributed by atoms with Gasteiger partial charge in [-0.2, -0.15) is 0 Å². The second-order valence-corrected chi connectivity index (χ2v) is 4.48. The largest absolute Gasteiger partial charge is 0.493 e. The molecule has 1 aromatic heterocycles. The zero-order valence-electron chi connectivity index (χ0n) is 12.6. The van der Waals surface area contributed by atoms with E-state index in [2.05, 4.69) is 10.3 Å². The van der Waals surface area contributed by atoms with Crippen molar-refractivity contribution in [1.82, 2.24) is 10.3 Å². The first-order valence-corrected chi connectivity index (χ1v) is 6.71. The molecule has 0 aliphatic carbocycles. The SMILES string of the molecule is CNCc1ccc(OC)c(OCc2cccc(OC)n2)c1. The van der Waals surface area contributed by atoms with Gasteiger partial charge in [0, 0.05) is 12.6 Å². The average Bonchev–Trinajstić information content (AvgIpc) is 2.53. The van der Waals surface area contributed by atoms with E-state index >= 15 is 0 Å². The summed E-state index contributed by atoms with van der Waals surface area (Å²) in [6.07, 6.45) is 0. The molecule has 0 unspecified atom stereocenters. The summed E-state index contributed by atoms with van der Waals surface area (Å²) in [5.41, 5.74) is 1.93. The summed E-state index contributed by atoms with van der Waals surface area (Å²) in [6, 6.07) is 11.5. The topological polar surface area (TPSA) is 52.6 Å². The maximum Gasteiger partial charge on any atom is 0.213 e. The first kappa shape index (κ1) is 15.1. The summed E-state index contributed by atoms with van der Waals surface area (Å²) in [7, 11) is 5.13. The van der Waals surface area contributed by atoms with Crippen molar-refractivity contribution in [3.63, 3.8) is 0 Å². The molecule has 2 aromatic rings. The summed E-state index contributed by atoms with van der Waals surface area (Å²) in [6.45, 7) is 1.13. The predicted octanol–water partition coefficient (Wildman–Crippen LogP) is 2.40. The van der Waals surface area contributed by atoms with Crippen molar-refractivity contribution in [3.8, 4) is 17.4 Å². The van der Waals surface area contributed by atoms with Gasteiger partial charge in [-0.15, -0.1) is 0 Å². The van der Waals surface area contributed by atoms with Crippen LogP contribution in [0.3, 0.4) is 0 Å². The lowest BCUT2D eigenvalue weighted by Gasteiger charge is -2.12. The first-order chi connectivity index (χ1) is 10.3. The van der Waals surface area contributed by atoms with Gasteiger partial charge in [-0.05, 0) is 30.8 Å². The lowest BCUT2D eigenvalue weighted by Crippen LogP contribution is -2.06. The van der Waals surface area contributed by atoms with Crippen LogP contribution in [0.4, 0.5) is 0 Å². The molecule has 0 amide bonds. The predicted molar refractivity (Wildman–Crippen MR) is 80.9 cm³/mol. The highest BCUT2D eigenvalue weighted by molar-refractivity contribution is 5.43. The van der Waals surface area contributed by atoms with Crippen molar-refractivity contribution in [3.05, 3.63) is 47.7 Å². The molecule has 21 heavy (non-hydrogen) atoms. The molecular weight excluding hydrogens is 268 g/mol. The van der Waals surface area contributed by atoms with E-state index in [9.17, 15) is 0 Å². The minimum atomic E-state index is 0.358. The van der Waals surface area contributed by atoms with Gasteiger partial charge in [-0.3, -0.25) is 0 Å². The third-order valence-corrected chi connectivity index (χ3v) is 2.97. The van der Waals surface area contributed by atoms with Gasteiger partial charge in [0.15, 0.2) is 11.5 Å².